The van der Waals surface area contributed by atoms with Crippen molar-refractivity contribution in [3.8, 4) is 56.4 Å². The highest BCUT2D eigenvalue weighted by Gasteiger charge is 2.56. The molecule has 1 atom stereocenters. The third kappa shape index (κ3) is 4.74. The molecule has 0 saturated carbocycles. The normalized spacial score (nSPS) is 16.3. The second kappa shape index (κ2) is 12.8. The maximum atomic E-state index is 7.26. The summed E-state index contributed by atoms with van der Waals surface area (Å²) in [6, 6.07) is 67.2. The van der Waals surface area contributed by atoms with Crippen molar-refractivity contribution >= 4 is 22.6 Å². The lowest BCUT2D eigenvalue weighted by molar-refractivity contribution is 0.355. The maximum Gasteiger partial charge on any atom is 0.175 e. The van der Waals surface area contributed by atoms with Crippen molar-refractivity contribution in [1.29, 1.82) is 0 Å². The van der Waals surface area contributed by atoms with Gasteiger partial charge in [0.2, 0.25) is 0 Å². The molecule has 0 saturated heterocycles. The lowest BCUT2D eigenvalue weighted by Gasteiger charge is -2.34. The summed E-state index contributed by atoms with van der Waals surface area (Å²) < 4.78 is 14.1. The number of hydrogen-bond donors (Lipinski definition) is 0. The fraction of sp³-hybridized carbons (Fsp3) is 0.0545. The lowest BCUT2D eigenvalue weighted by atomic mass is 9.69. The number of rotatable bonds is 5. The van der Waals surface area contributed by atoms with E-state index >= 15 is 0 Å². The number of hydrogen-bond acceptors (Lipinski definition) is 3. The van der Waals surface area contributed by atoms with Crippen LogP contribution >= 0.6 is 0 Å². The summed E-state index contributed by atoms with van der Waals surface area (Å²) in [7, 11) is 0. The van der Waals surface area contributed by atoms with E-state index < -0.39 is 5.41 Å². The minimum atomic E-state index is -0.509. The Bertz CT molecular complexity index is 3020. The average molecular weight is 744 g/mol. The molecule has 58 heavy (non-hydrogen) atoms. The molecule has 0 N–H and O–H groups in total. The van der Waals surface area contributed by atoms with Crippen LogP contribution in [0.15, 0.2) is 206 Å². The molecule has 0 fully saturated rings. The second-order valence-electron chi connectivity index (χ2n) is 15.4. The number of allylic oxidation sites excluding steroid dienone is 4. The highest BCUT2D eigenvalue weighted by atomic mass is 16.6. The van der Waals surface area contributed by atoms with E-state index in [1.165, 1.54) is 55.7 Å². The second-order valence-corrected chi connectivity index (χ2v) is 15.4. The van der Waals surface area contributed by atoms with Crippen molar-refractivity contribution in [3.05, 3.63) is 228 Å². The van der Waals surface area contributed by atoms with Gasteiger partial charge in [0.1, 0.15) is 0 Å². The molecule has 3 aliphatic carbocycles. The number of anilines is 3. The molecule has 8 aromatic rings. The van der Waals surface area contributed by atoms with Gasteiger partial charge in [-0.25, -0.2) is 0 Å². The van der Waals surface area contributed by atoms with Gasteiger partial charge >= 0.3 is 0 Å². The monoisotopic (exact) mass is 743 g/mol. The van der Waals surface area contributed by atoms with Gasteiger partial charge in [-0.15, -0.1) is 0 Å². The first-order valence-corrected chi connectivity index (χ1v) is 20.2. The third-order valence-corrected chi connectivity index (χ3v) is 12.4. The molecule has 8 aromatic carbocycles. The highest BCUT2D eigenvalue weighted by molar-refractivity contribution is 6.02. The topological polar surface area (TPSA) is 21.7 Å². The van der Waals surface area contributed by atoms with Crippen molar-refractivity contribution in [2.75, 3.05) is 4.90 Å². The fourth-order valence-electron chi connectivity index (χ4n) is 10.0. The summed E-state index contributed by atoms with van der Waals surface area (Å²) in [5.74, 6) is 2.91. The minimum absolute atomic E-state index is 0.509. The Hall–Kier alpha value is -7.36. The first-order valence-electron chi connectivity index (χ1n) is 20.2. The molecule has 1 unspecified atom stereocenters. The van der Waals surface area contributed by atoms with E-state index in [4.69, 9.17) is 9.47 Å². The number of nitrogens with zero attached hydrogens (tertiary/aromatic N) is 1. The van der Waals surface area contributed by atoms with E-state index in [2.05, 4.69) is 199 Å². The Labute approximate surface area is 338 Å². The van der Waals surface area contributed by atoms with E-state index in [9.17, 15) is 0 Å². The molecular weight excluding hydrogens is 707 g/mol. The van der Waals surface area contributed by atoms with Crippen LogP contribution in [0.2, 0.25) is 0 Å². The standard InChI is InChI=1S/C55H37NO2/c1-3-16-36(17-4-1)41-22-7-8-23-42(41)37-18-15-21-39(34-37)56(38-19-5-2-6-20-38)40-30-32-50-52(35-40)58-54-51(57-50)33-31-46-45-26-11-14-29-49(45)55(53(46)54)47-27-12-9-24-43(47)44-25-10-13-28-48(44)55/h1-9,11-12,14-35H,10,13H2. The number of fused-ring (bicyclic) bond motifs is 13. The zero-order valence-electron chi connectivity index (χ0n) is 31.7. The van der Waals surface area contributed by atoms with Gasteiger partial charge in [-0.3, -0.25) is 0 Å². The van der Waals surface area contributed by atoms with Gasteiger partial charge in [-0.2, -0.15) is 0 Å². The summed E-state index contributed by atoms with van der Waals surface area (Å²) in [4.78, 5) is 2.30. The molecule has 12 rings (SSSR count). The van der Waals surface area contributed by atoms with E-state index in [1.807, 2.05) is 6.07 Å². The molecule has 274 valence electrons. The maximum absolute atomic E-state index is 7.26. The summed E-state index contributed by atoms with van der Waals surface area (Å²) in [6.07, 6.45) is 6.96. The highest BCUT2D eigenvalue weighted by Crippen LogP contribution is 2.68. The van der Waals surface area contributed by atoms with Gasteiger partial charge in [-0.05, 0) is 117 Å². The number of benzene rings is 8. The van der Waals surface area contributed by atoms with Crippen molar-refractivity contribution in [2.24, 2.45) is 0 Å². The lowest BCUT2D eigenvalue weighted by Crippen LogP contribution is -2.27. The Kier molecular flexibility index (Phi) is 7.27. The summed E-state index contributed by atoms with van der Waals surface area (Å²) >= 11 is 0. The van der Waals surface area contributed by atoms with Gasteiger partial charge in [0.05, 0.1) is 11.1 Å². The summed E-state index contributed by atoms with van der Waals surface area (Å²) in [5, 5.41) is 0. The minimum Gasteiger partial charge on any atom is -0.449 e. The molecule has 1 spiro atoms. The first kappa shape index (κ1) is 32.8. The smallest absolute Gasteiger partial charge is 0.175 e. The van der Waals surface area contributed by atoms with Gasteiger partial charge in [0.25, 0.3) is 0 Å². The first-order chi connectivity index (χ1) is 28.8. The van der Waals surface area contributed by atoms with E-state index in [0.717, 1.165) is 52.5 Å². The zero-order valence-corrected chi connectivity index (χ0v) is 31.7. The number of ether oxygens (including phenoxy) is 2. The van der Waals surface area contributed by atoms with Crippen LogP contribution in [0.4, 0.5) is 17.1 Å². The van der Waals surface area contributed by atoms with Crippen LogP contribution < -0.4 is 14.4 Å². The molecule has 1 aliphatic heterocycles. The molecule has 3 heteroatoms. The van der Waals surface area contributed by atoms with Gasteiger partial charge in [0, 0.05) is 23.0 Å². The zero-order chi connectivity index (χ0) is 38.2. The third-order valence-electron chi connectivity index (χ3n) is 12.4. The van der Waals surface area contributed by atoms with Crippen LogP contribution in [-0.2, 0) is 5.41 Å². The van der Waals surface area contributed by atoms with E-state index in [0.29, 0.717) is 11.5 Å². The molecule has 0 bridgehead atoms. The van der Waals surface area contributed by atoms with E-state index in [-0.39, 0.29) is 0 Å². The van der Waals surface area contributed by atoms with Crippen LogP contribution in [0.1, 0.15) is 35.1 Å². The van der Waals surface area contributed by atoms with Crippen LogP contribution in [0.25, 0.3) is 39.0 Å². The molecule has 3 nitrogen and oxygen atoms in total. The van der Waals surface area contributed by atoms with Crippen molar-refractivity contribution in [3.63, 3.8) is 0 Å². The average Bonchev–Trinajstić information content (AvgIpc) is 3.77. The van der Waals surface area contributed by atoms with Crippen LogP contribution in [0, 0.1) is 0 Å². The Morgan fingerprint density at radius 2 is 1.00 bits per heavy atom. The van der Waals surface area contributed by atoms with Crippen molar-refractivity contribution in [1.82, 2.24) is 0 Å². The fourth-order valence-corrected chi connectivity index (χ4v) is 10.0. The SMILES string of the molecule is C1=C2C(=CCC1)C1(c3ccccc32)c2ccccc2-c2ccc3c(c21)Oc1cc(N(c2ccccc2)c2cccc(-c4ccccc4-c4ccccc4)c2)ccc1O3. The number of para-hydroxylation sites is 1. The molecule has 4 aliphatic rings. The summed E-state index contributed by atoms with van der Waals surface area (Å²) in [6.45, 7) is 0. The van der Waals surface area contributed by atoms with Crippen molar-refractivity contribution in [2.45, 2.75) is 18.3 Å². The van der Waals surface area contributed by atoms with E-state index in [1.54, 1.807) is 0 Å². The quantitative estimate of drug-likeness (QED) is 0.175. The van der Waals surface area contributed by atoms with Crippen LogP contribution in [0.3, 0.4) is 0 Å². The van der Waals surface area contributed by atoms with Crippen molar-refractivity contribution < 1.29 is 9.47 Å². The largest absolute Gasteiger partial charge is 0.449 e. The van der Waals surface area contributed by atoms with Crippen LogP contribution in [-0.4, -0.2) is 0 Å². The summed E-state index contributed by atoms with van der Waals surface area (Å²) in [5.41, 5.74) is 17.5. The predicted octanol–water partition coefficient (Wildman–Crippen LogP) is 14.8. The molecular formula is C55H37NO2. The molecule has 1 heterocycles. The Balaban J connectivity index is 1.01. The predicted molar refractivity (Wildman–Crippen MR) is 236 cm³/mol. The van der Waals surface area contributed by atoms with Crippen LogP contribution in [0.5, 0.6) is 23.0 Å². The van der Waals surface area contributed by atoms with Gasteiger partial charge < -0.3 is 14.4 Å². The van der Waals surface area contributed by atoms with Gasteiger partial charge in [0.15, 0.2) is 23.0 Å². The Morgan fingerprint density at radius 3 is 1.81 bits per heavy atom. The molecule has 0 amide bonds. The molecule has 0 radical (unpaired) electrons. The molecule has 0 aromatic heterocycles. The van der Waals surface area contributed by atoms with Gasteiger partial charge in [-0.1, -0.05) is 152 Å². The Morgan fingerprint density at radius 1 is 0.397 bits per heavy atom.